The van der Waals surface area contributed by atoms with Gasteiger partial charge < -0.3 is 15.5 Å². The highest BCUT2D eigenvalue weighted by Crippen LogP contribution is 2.36. The number of carbonyl (C=O) groups excluding carboxylic acids is 3. The Kier molecular flexibility index (Phi) is 6.10. The summed E-state index contributed by atoms with van der Waals surface area (Å²) >= 11 is 0. The molecule has 7 nitrogen and oxygen atoms in total. The summed E-state index contributed by atoms with van der Waals surface area (Å²) in [4.78, 5) is 42.3. The molecule has 2 aromatic carbocycles. The number of hydrogen-bond acceptors (Lipinski definition) is 3. The van der Waals surface area contributed by atoms with Crippen LogP contribution in [0.25, 0.3) is 0 Å². The van der Waals surface area contributed by atoms with Gasteiger partial charge in [-0.2, -0.15) is 0 Å². The zero-order chi connectivity index (χ0) is 25.6. The zero-order valence-corrected chi connectivity index (χ0v) is 21.4. The Balaban J connectivity index is 1.33. The van der Waals surface area contributed by atoms with Crippen molar-refractivity contribution in [1.29, 1.82) is 0 Å². The van der Waals surface area contributed by atoms with Gasteiger partial charge in [0, 0.05) is 7.05 Å². The van der Waals surface area contributed by atoms with Crippen LogP contribution < -0.4 is 10.6 Å². The molecule has 0 spiro atoms. The van der Waals surface area contributed by atoms with E-state index in [0.717, 1.165) is 30.4 Å². The molecular weight excluding hydrogens is 452 g/mol. The number of nitrogens with zero attached hydrogens (tertiary/aromatic N) is 2. The third-order valence-corrected chi connectivity index (χ3v) is 7.58. The van der Waals surface area contributed by atoms with Crippen LogP contribution >= 0.6 is 0 Å². The van der Waals surface area contributed by atoms with Gasteiger partial charge in [0.25, 0.3) is 5.91 Å². The Labute approximate surface area is 212 Å². The topological polar surface area (TPSA) is 81.8 Å². The molecule has 2 atom stereocenters. The average Bonchev–Trinajstić information content (AvgIpc) is 3.17. The van der Waals surface area contributed by atoms with Gasteiger partial charge in [0.1, 0.15) is 6.54 Å². The largest absolute Gasteiger partial charge is 0.348 e. The van der Waals surface area contributed by atoms with Crippen molar-refractivity contribution in [2.75, 3.05) is 20.1 Å². The van der Waals surface area contributed by atoms with Gasteiger partial charge in [-0.1, -0.05) is 69.3 Å². The molecule has 2 aromatic rings. The maximum Gasteiger partial charge on any atom is 0.322 e. The van der Waals surface area contributed by atoms with E-state index >= 15 is 0 Å². The first kappa shape index (κ1) is 24.1. The van der Waals surface area contributed by atoms with E-state index in [2.05, 4.69) is 43.5 Å². The van der Waals surface area contributed by atoms with Crippen LogP contribution in [0.1, 0.15) is 68.0 Å². The number of likely N-dealkylation sites (N-methyl/N-ethyl adjacent to an activating group) is 1. The number of rotatable bonds is 4. The number of amides is 4. The first-order valence-electron chi connectivity index (χ1n) is 12.7. The minimum absolute atomic E-state index is 0.00513. The molecule has 36 heavy (non-hydrogen) atoms. The summed E-state index contributed by atoms with van der Waals surface area (Å²) in [6.45, 7) is 6.64. The molecule has 7 heteroatoms. The van der Waals surface area contributed by atoms with Crippen LogP contribution in [-0.2, 0) is 21.4 Å². The maximum atomic E-state index is 13.5. The lowest BCUT2D eigenvalue weighted by atomic mass is 9.85. The summed E-state index contributed by atoms with van der Waals surface area (Å²) in [7, 11) is 1.67. The van der Waals surface area contributed by atoms with Crippen LogP contribution in [0.5, 0.6) is 0 Å². The summed E-state index contributed by atoms with van der Waals surface area (Å²) < 4.78 is 0. The highest BCUT2D eigenvalue weighted by molar-refractivity contribution is 6.03. The number of carbonyl (C=O) groups is 3. The van der Waals surface area contributed by atoms with E-state index in [-0.39, 0.29) is 42.4 Å². The number of hydrogen-bond donors (Lipinski definition) is 2. The summed E-state index contributed by atoms with van der Waals surface area (Å²) in [6.07, 6.45) is 2.93. The van der Waals surface area contributed by atoms with Crippen molar-refractivity contribution < 1.29 is 14.4 Å². The molecule has 2 N–H and O–H groups in total. The first-order valence-corrected chi connectivity index (χ1v) is 12.7. The molecule has 1 aliphatic carbocycles. The minimum Gasteiger partial charge on any atom is -0.348 e. The molecule has 0 bridgehead atoms. The molecule has 0 radical (unpaired) electrons. The molecule has 188 valence electrons. The fourth-order valence-corrected chi connectivity index (χ4v) is 5.49. The highest BCUT2D eigenvalue weighted by Gasteiger charge is 2.43. The second-order valence-electron chi connectivity index (χ2n) is 11.0. The summed E-state index contributed by atoms with van der Waals surface area (Å²) in [5.41, 5.74) is 5.67. The SMILES string of the molecule is CN1C(=O)N[C@H](c2ccc(C(C)(C)C)cc2)C2=C1CN(CC(=O)N[C@H]1CCCc3ccccc31)C2=O. The summed E-state index contributed by atoms with van der Waals surface area (Å²) in [5.74, 6) is -0.390. The Morgan fingerprint density at radius 1 is 1.08 bits per heavy atom. The molecule has 2 heterocycles. The fraction of sp³-hybridized carbons (Fsp3) is 0.414. The molecule has 2 aliphatic heterocycles. The number of benzene rings is 2. The van der Waals surface area contributed by atoms with Gasteiger partial charge in [-0.3, -0.25) is 14.5 Å². The van der Waals surface area contributed by atoms with E-state index < -0.39 is 6.04 Å². The van der Waals surface area contributed by atoms with Crippen LogP contribution in [-0.4, -0.2) is 47.8 Å². The third kappa shape index (κ3) is 4.38. The van der Waals surface area contributed by atoms with Crippen molar-refractivity contribution in [1.82, 2.24) is 20.4 Å². The summed E-state index contributed by atoms with van der Waals surface area (Å²) in [5, 5.41) is 6.11. The predicted molar refractivity (Wildman–Crippen MR) is 138 cm³/mol. The van der Waals surface area contributed by atoms with Crippen molar-refractivity contribution in [3.8, 4) is 0 Å². The second kappa shape index (κ2) is 9.12. The van der Waals surface area contributed by atoms with Gasteiger partial charge in [0.2, 0.25) is 5.91 Å². The molecule has 3 aliphatic rings. The third-order valence-electron chi connectivity index (χ3n) is 7.58. The summed E-state index contributed by atoms with van der Waals surface area (Å²) in [6, 6.07) is 15.4. The smallest absolute Gasteiger partial charge is 0.322 e. The predicted octanol–water partition coefficient (Wildman–Crippen LogP) is 3.97. The van der Waals surface area contributed by atoms with E-state index in [0.29, 0.717) is 11.3 Å². The number of fused-ring (bicyclic) bond motifs is 1. The fourth-order valence-electron chi connectivity index (χ4n) is 5.49. The zero-order valence-electron chi connectivity index (χ0n) is 21.4. The molecule has 4 amide bonds. The Morgan fingerprint density at radius 2 is 1.81 bits per heavy atom. The van der Waals surface area contributed by atoms with Gasteiger partial charge in [-0.15, -0.1) is 0 Å². The van der Waals surface area contributed by atoms with E-state index in [1.807, 2.05) is 36.4 Å². The average molecular weight is 487 g/mol. The molecular formula is C29H34N4O3. The number of nitrogens with one attached hydrogen (secondary N) is 2. The van der Waals surface area contributed by atoms with Crippen molar-refractivity contribution >= 4 is 17.8 Å². The van der Waals surface area contributed by atoms with Gasteiger partial charge in [-0.25, -0.2) is 4.79 Å². The van der Waals surface area contributed by atoms with Crippen molar-refractivity contribution in [2.45, 2.75) is 57.5 Å². The Hall–Kier alpha value is -3.61. The maximum absolute atomic E-state index is 13.5. The molecule has 0 saturated heterocycles. The van der Waals surface area contributed by atoms with Crippen molar-refractivity contribution in [3.05, 3.63) is 82.1 Å². The minimum atomic E-state index is -0.538. The normalized spacial score (nSPS) is 21.8. The number of urea groups is 1. The van der Waals surface area contributed by atoms with Gasteiger partial charge in [-0.05, 0) is 46.9 Å². The quantitative estimate of drug-likeness (QED) is 0.686. The Bertz CT molecular complexity index is 1240. The lowest BCUT2D eigenvalue weighted by Crippen LogP contribution is -2.45. The highest BCUT2D eigenvalue weighted by atomic mass is 16.2. The van der Waals surface area contributed by atoms with Crippen LogP contribution in [0, 0.1) is 0 Å². The van der Waals surface area contributed by atoms with Crippen LogP contribution in [0.3, 0.4) is 0 Å². The molecule has 0 saturated carbocycles. The standard InChI is InChI=1S/C29H34N4O3/c1-29(2,3)20-14-12-19(13-15-20)26-25-23(32(4)28(36)31-26)16-33(27(25)35)17-24(34)30-22-11-7-9-18-8-5-6-10-21(18)22/h5-6,8,10,12-15,22,26H,7,9,11,16-17H2,1-4H3,(H,30,34)(H,31,36)/t22-,26+/m0/s1. The molecule has 0 fully saturated rings. The van der Waals surface area contributed by atoms with Gasteiger partial charge in [0.05, 0.1) is 29.9 Å². The Morgan fingerprint density at radius 3 is 2.53 bits per heavy atom. The monoisotopic (exact) mass is 486 g/mol. The van der Waals surface area contributed by atoms with Crippen LogP contribution in [0.15, 0.2) is 59.8 Å². The van der Waals surface area contributed by atoms with E-state index in [1.54, 1.807) is 11.9 Å². The van der Waals surface area contributed by atoms with Crippen LogP contribution in [0.2, 0.25) is 0 Å². The molecule has 5 rings (SSSR count). The lowest BCUT2D eigenvalue weighted by molar-refractivity contribution is -0.132. The molecule has 0 aromatic heterocycles. The lowest BCUT2D eigenvalue weighted by Gasteiger charge is -2.31. The first-order chi connectivity index (χ1) is 17.1. The van der Waals surface area contributed by atoms with Crippen LogP contribution in [0.4, 0.5) is 4.79 Å². The molecule has 0 unspecified atom stereocenters. The van der Waals surface area contributed by atoms with E-state index in [4.69, 9.17) is 0 Å². The second-order valence-corrected chi connectivity index (χ2v) is 11.0. The van der Waals surface area contributed by atoms with Gasteiger partial charge in [0.15, 0.2) is 0 Å². The van der Waals surface area contributed by atoms with E-state index in [9.17, 15) is 14.4 Å². The number of aryl methyl sites for hydroxylation is 1. The van der Waals surface area contributed by atoms with E-state index in [1.165, 1.54) is 16.0 Å². The van der Waals surface area contributed by atoms with Gasteiger partial charge >= 0.3 is 6.03 Å². The van der Waals surface area contributed by atoms with Crippen molar-refractivity contribution in [2.24, 2.45) is 0 Å². The van der Waals surface area contributed by atoms with Crippen molar-refractivity contribution in [3.63, 3.8) is 0 Å².